The fourth-order valence-corrected chi connectivity index (χ4v) is 2.92. The number of benzene rings is 1. The second-order valence-corrected chi connectivity index (χ2v) is 5.38. The Kier molecular flexibility index (Phi) is 3.63. The Labute approximate surface area is 127 Å². The molecular formula is C15H16ClN5. The maximum absolute atomic E-state index is 6.26. The summed E-state index contributed by atoms with van der Waals surface area (Å²) in [7, 11) is 1.85. The lowest BCUT2D eigenvalue weighted by molar-refractivity contribution is 0.577. The first kappa shape index (κ1) is 14.0. The van der Waals surface area contributed by atoms with Crippen LogP contribution in [-0.2, 0) is 7.05 Å². The molecule has 2 heterocycles. The number of fused-ring (bicyclic) bond motifs is 1. The monoisotopic (exact) mass is 301 g/mol. The molecule has 2 aromatic heterocycles. The highest BCUT2D eigenvalue weighted by Gasteiger charge is 2.22. The molecular weight excluding hydrogens is 286 g/mol. The molecule has 5 nitrogen and oxygen atoms in total. The van der Waals surface area contributed by atoms with E-state index >= 15 is 0 Å². The zero-order valence-corrected chi connectivity index (χ0v) is 12.6. The average molecular weight is 302 g/mol. The average Bonchev–Trinajstić information content (AvgIpc) is 2.80. The van der Waals surface area contributed by atoms with E-state index in [4.69, 9.17) is 17.4 Å². The van der Waals surface area contributed by atoms with Gasteiger partial charge in [-0.15, -0.1) is 0 Å². The van der Waals surface area contributed by atoms with E-state index in [1.54, 1.807) is 10.9 Å². The molecule has 0 amide bonds. The number of hydrogen-bond donors (Lipinski definition) is 2. The van der Waals surface area contributed by atoms with Crippen molar-refractivity contribution >= 4 is 22.5 Å². The van der Waals surface area contributed by atoms with E-state index in [0.717, 1.165) is 27.9 Å². The summed E-state index contributed by atoms with van der Waals surface area (Å²) in [6.45, 7) is 1.97. The lowest BCUT2D eigenvalue weighted by Crippen LogP contribution is -2.31. The molecule has 3 rings (SSSR count). The molecule has 0 radical (unpaired) electrons. The van der Waals surface area contributed by atoms with Gasteiger partial charge in [-0.05, 0) is 24.6 Å². The topological polar surface area (TPSA) is 68.8 Å². The zero-order valence-electron chi connectivity index (χ0n) is 11.8. The van der Waals surface area contributed by atoms with Crippen molar-refractivity contribution in [1.29, 1.82) is 0 Å². The van der Waals surface area contributed by atoms with E-state index < -0.39 is 0 Å². The summed E-state index contributed by atoms with van der Waals surface area (Å²) in [5.41, 5.74) is 6.58. The van der Waals surface area contributed by atoms with Crippen LogP contribution in [0, 0.1) is 6.92 Å². The van der Waals surface area contributed by atoms with E-state index in [1.807, 2.05) is 44.3 Å². The third-order valence-corrected chi connectivity index (χ3v) is 3.86. The van der Waals surface area contributed by atoms with Crippen LogP contribution < -0.4 is 11.3 Å². The first-order chi connectivity index (χ1) is 10.1. The number of nitrogens with one attached hydrogen (secondary N) is 1. The molecule has 1 unspecified atom stereocenters. The fourth-order valence-electron chi connectivity index (χ4n) is 2.64. The van der Waals surface area contributed by atoms with Crippen LogP contribution in [0.4, 0.5) is 0 Å². The second-order valence-electron chi connectivity index (χ2n) is 4.97. The number of hydrogen-bond acceptors (Lipinski definition) is 4. The highest BCUT2D eigenvalue weighted by Crippen LogP contribution is 2.31. The van der Waals surface area contributed by atoms with E-state index in [1.165, 1.54) is 0 Å². The fraction of sp³-hybridized carbons (Fsp3) is 0.200. The van der Waals surface area contributed by atoms with Crippen LogP contribution in [0.5, 0.6) is 0 Å². The van der Waals surface area contributed by atoms with Crippen LogP contribution in [0.3, 0.4) is 0 Å². The van der Waals surface area contributed by atoms with Gasteiger partial charge in [-0.2, -0.15) is 5.10 Å². The Morgan fingerprint density at radius 1 is 1.33 bits per heavy atom. The van der Waals surface area contributed by atoms with Crippen LogP contribution in [0.1, 0.15) is 23.0 Å². The molecule has 3 N–H and O–H groups in total. The van der Waals surface area contributed by atoms with Gasteiger partial charge in [-0.1, -0.05) is 29.8 Å². The molecule has 0 bridgehead atoms. The number of halogens is 1. The number of nitrogens with zero attached hydrogens (tertiary/aromatic N) is 3. The minimum absolute atomic E-state index is 0.253. The van der Waals surface area contributed by atoms with Gasteiger partial charge in [-0.3, -0.25) is 15.5 Å². The molecule has 108 valence electrons. The molecule has 1 aromatic carbocycles. The lowest BCUT2D eigenvalue weighted by Gasteiger charge is -2.19. The quantitative estimate of drug-likeness (QED) is 0.576. The van der Waals surface area contributed by atoms with Crippen molar-refractivity contribution < 1.29 is 0 Å². The maximum atomic E-state index is 6.26. The van der Waals surface area contributed by atoms with Gasteiger partial charge in [-0.25, -0.2) is 5.43 Å². The van der Waals surface area contributed by atoms with E-state index in [0.29, 0.717) is 5.02 Å². The van der Waals surface area contributed by atoms with Gasteiger partial charge in [0, 0.05) is 18.1 Å². The number of rotatable bonds is 3. The van der Waals surface area contributed by atoms with Crippen molar-refractivity contribution in [1.82, 2.24) is 20.2 Å². The van der Waals surface area contributed by atoms with Crippen molar-refractivity contribution in [2.45, 2.75) is 13.0 Å². The third kappa shape index (κ3) is 2.40. The molecule has 6 heteroatoms. The Hall–Kier alpha value is -1.95. The first-order valence-corrected chi connectivity index (χ1v) is 6.99. The smallest absolute Gasteiger partial charge is 0.0900 e. The van der Waals surface area contributed by atoms with Crippen LogP contribution in [0.2, 0.25) is 5.02 Å². The number of hydrazine groups is 1. The number of aromatic nitrogens is 3. The summed E-state index contributed by atoms with van der Waals surface area (Å²) >= 11 is 6.26. The van der Waals surface area contributed by atoms with Gasteiger partial charge in [0.2, 0.25) is 0 Å². The molecule has 0 saturated carbocycles. The van der Waals surface area contributed by atoms with E-state index in [2.05, 4.69) is 15.5 Å². The molecule has 1 atom stereocenters. The van der Waals surface area contributed by atoms with Gasteiger partial charge in [0.15, 0.2) is 0 Å². The highest BCUT2D eigenvalue weighted by atomic mass is 35.5. The number of para-hydroxylation sites is 1. The van der Waals surface area contributed by atoms with Crippen molar-refractivity contribution in [3.8, 4) is 0 Å². The van der Waals surface area contributed by atoms with Crippen LogP contribution in [-0.4, -0.2) is 14.8 Å². The molecule has 0 spiro atoms. The minimum Gasteiger partial charge on any atom is -0.271 e. The van der Waals surface area contributed by atoms with Gasteiger partial charge in [0.25, 0.3) is 0 Å². The molecule has 21 heavy (non-hydrogen) atoms. The molecule has 0 saturated heterocycles. The predicted molar refractivity (Wildman–Crippen MR) is 83.9 cm³/mol. The van der Waals surface area contributed by atoms with Crippen molar-refractivity contribution in [3.63, 3.8) is 0 Å². The minimum atomic E-state index is -0.253. The van der Waals surface area contributed by atoms with Gasteiger partial charge < -0.3 is 0 Å². The third-order valence-electron chi connectivity index (χ3n) is 3.56. The summed E-state index contributed by atoms with van der Waals surface area (Å²) in [4.78, 5) is 4.56. The highest BCUT2D eigenvalue weighted by molar-refractivity contribution is 6.31. The molecule has 0 aliphatic carbocycles. The summed E-state index contributed by atoms with van der Waals surface area (Å²) in [5.74, 6) is 5.80. The van der Waals surface area contributed by atoms with Crippen molar-refractivity contribution in [2.24, 2.45) is 12.9 Å². The summed E-state index contributed by atoms with van der Waals surface area (Å²) in [5, 5.41) is 5.81. The Morgan fingerprint density at radius 2 is 2.10 bits per heavy atom. The summed E-state index contributed by atoms with van der Waals surface area (Å²) in [6, 6.07) is 9.75. The number of aryl methyl sites for hydroxylation is 2. The maximum Gasteiger partial charge on any atom is 0.0900 e. The predicted octanol–water partition coefficient (Wildman–Crippen LogP) is 2.48. The van der Waals surface area contributed by atoms with Crippen molar-refractivity contribution in [2.75, 3.05) is 0 Å². The van der Waals surface area contributed by atoms with Crippen LogP contribution in [0.15, 0.2) is 36.5 Å². The largest absolute Gasteiger partial charge is 0.271 e. The molecule has 0 aliphatic heterocycles. The normalized spacial score (nSPS) is 12.8. The zero-order chi connectivity index (χ0) is 15.0. The standard InChI is InChI=1S/C15H16ClN5/c1-9-7-11(10-5-3-4-6-13(10)19-9)14(20-17)15-12(16)8-18-21(15)2/h3-8,14,20H,17H2,1-2H3. The Morgan fingerprint density at radius 3 is 2.76 bits per heavy atom. The molecule has 0 fully saturated rings. The molecule has 0 aliphatic rings. The SMILES string of the molecule is Cc1cc(C(NN)c2c(Cl)cnn2C)c2ccccc2n1. The number of pyridine rings is 1. The second kappa shape index (κ2) is 5.44. The Balaban J connectivity index is 2.27. The van der Waals surface area contributed by atoms with E-state index in [9.17, 15) is 0 Å². The summed E-state index contributed by atoms with van der Waals surface area (Å²) < 4.78 is 1.73. The van der Waals surface area contributed by atoms with Crippen LogP contribution in [0.25, 0.3) is 10.9 Å². The van der Waals surface area contributed by atoms with Crippen LogP contribution >= 0.6 is 11.6 Å². The lowest BCUT2D eigenvalue weighted by atomic mass is 9.99. The van der Waals surface area contributed by atoms with Gasteiger partial charge in [0.1, 0.15) is 0 Å². The van der Waals surface area contributed by atoms with Gasteiger partial charge >= 0.3 is 0 Å². The summed E-state index contributed by atoms with van der Waals surface area (Å²) in [6.07, 6.45) is 1.62. The Bertz CT molecular complexity index is 776. The number of nitrogens with two attached hydrogens (primary N) is 1. The van der Waals surface area contributed by atoms with E-state index in [-0.39, 0.29) is 6.04 Å². The van der Waals surface area contributed by atoms with Gasteiger partial charge in [0.05, 0.1) is 28.5 Å². The molecule has 3 aromatic rings. The van der Waals surface area contributed by atoms with Crippen molar-refractivity contribution in [3.05, 3.63) is 58.5 Å². The first-order valence-electron chi connectivity index (χ1n) is 6.61.